The van der Waals surface area contributed by atoms with Gasteiger partial charge >= 0.3 is 0 Å². The quantitative estimate of drug-likeness (QED) is 0.760. The summed E-state index contributed by atoms with van der Waals surface area (Å²) in [6.45, 7) is 3.39. The van der Waals surface area contributed by atoms with E-state index < -0.39 is 0 Å². The summed E-state index contributed by atoms with van der Waals surface area (Å²) >= 11 is 0. The van der Waals surface area contributed by atoms with Gasteiger partial charge in [0.2, 0.25) is 5.95 Å². The number of hydrogen-bond donors (Lipinski definition) is 2. The molecule has 0 bridgehead atoms. The second kappa shape index (κ2) is 5.39. The van der Waals surface area contributed by atoms with Crippen molar-refractivity contribution in [2.45, 2.75) is 19.4 Å². The number of phenols is 1. The van der Waals surface area contributed by atoms with E-state index in [4.69, 9.17) is 0 Å². The van der Waals surface area contributed by atoms with E-state index in [1.807, 2.05) is 25.1 Å². The molecule has 6 heteroatoms. The molecule has 3 heterocycles. The molecule has 2 N–H and O–H groups in total. The molecule has 1 unspecified atom stereocenters. The lowest BCUT2D eigenvalue weighted by atomic mass is 9.91. The van der Waals surface area contributed by atoms with Gasteiger partial charge in [-0.1, -0.05) is 12.1 Å². The zero-order valence-corrected chi connectivity index (χ0v) is 12.8. The van der Waals surface area contributed by atoms with Crippen molar-refractivity contribution in [3.8, 4) is 5.75 Å². The number of anilines is 1. The largest absolute Gasteiger partial charge is 0.508 e. The van der Waals surface area contributed by atoms with Crippen molar-refractivity contribution >= 4 is 5.95 Å². The summed E-state index contributed by atoms with van der Waals surface area (Å²) < 4.78 is 0. The summed E-state index contributed by atoms with van der Waals surface area (Å²) in [5, 5.41) is 9.80. The molecule has 2 aromatic heterocycles. The number of fused-ring (bicyclic) bond motifs is 1. The van der Waals surface area contributed by atoms with Crippen molar-refractivity contribution in [1.82, 2.24) is 19.9 Å². The number of phenolic OH excluding ortho intramolecular Hbond substituents is 1. The summed E-state index contributed by atoms with van der Waals surface area (Å²) in [7, 11) is 0. The van der Waals surface area contributed by atoms with E-state index in [-0.39, 0.29) is 11.7 Å². The van der Waals surface area contributed by atoms with Crippen molar-refractivity contribution < 1.29 is 5.11 Å². The van der Waals surface area contributed by atoms with Crippen LogP contribution in [0, 0.1) is 6.92 Å². The molecule has 1 aliphatic heterocycles. The van der Waals surface area contributed by atoms with E-state index in [2.05, 4.69) is 24.8 Å². The minimum atomic E-state index is 0.0706. The first kappa shape index (κ1) is 13.8. The van der Waals surface area contributed by atoms with E-state index >= 15 is 0 Å². The smallest absolute Gasteiger partial charge is 0.225 e. The van der Waals surface area contributed by atoms with Gasteiger partial charge in [-0.3, -0.25) is 0 Å². The molecule has 4 rings (SSSR count). The minimum absolute atomic E-state index is 0.0706. The average Bonchev–Trinajstić information content (AvgIpc) is 3.02. The lowest BCUT2D eigenvalue weighted by molar-refractivity contribution is 0.473. The monoisotopic (exact) mass is 307 g/mol. The maximum Gasteiger partial charge on any atom is 0.225 e. The molecule has 0 saturated heterocycles. The summed E-state index contributed by atoms with van der Waals surface area (Å²) in [5.74, 6) is 1.06. The van der Waals surface area contributed by atoms with Gasteiger partial charge in [-0.05, 0) is 30.7 Å². The third-order valence-corrected chi connectivity index (χ3v) is 4.17. The Labute approximate surface area is 133 Å². The molecule has 0 aliphatic carbocycles. The Kier molecular flexibility index (Phi) is 3.22. The lowest BCUT2D eigenvalue weighted by Gasteiger charge is -2.32. The Balaban J connectivity index is 1.75. The second-order valence-electron chi connectivity index (χ2n) is 5.79. The number of aromatic nitrogens is 4. The van der Waals surface area contributed by atoms with Crippen LogP contribution in [-0.2, 0) is 6.54 Å². The zero-order chi connectivity index (χ0) is 15.8. The van der Waals surface area contributed by atoms with Crippen molar-refractivity contribution in [2.24, 2.45) is 0 Å². The van der Waals surface area contributed by atoms with Gasteiger partial charge < -0.3 is 15.0 Å². The van der Waals surface area contributed by atoms with Crippen molar-refractivity contribution in [3.05, 3.63) is 65.5 Å². The van der Waals surface area contributed by atoms with E-state index in [1.165, 1.54) is 0 Å². The van der Waals surface area contributed by atoms with Crippen LogP contribution in [-0.4, -0.2) is 31.6 Å². The van der Waals surface area contributed by atoms with Crippen LogP contribution >= 0.6 is 0 Å². The highest BCUT2D eigenvalue weighted by Crippen LogP contribution is 2.33. The van der Waals surface area contributed by atoms with Crippen LogP contribution < -0.4 is 4.90 Å². The maximum absolute atomic E-state index is 9.80. The Bertz CT molecular complexity index is 844. The molecule has 1 atom stereocenters. The van der Waals surface area contributed by atoms with Gasteiger partial charge in [-0.15, -0.1) is 0 Å². The molecule has 0 fully saturated rings. The van der Waals surface area contributed by atoms with Crippen molar-refractivity contribution in [1.29, 1.82) is 0 Å². The van der Waals surface area contributed by atoms with Crippen LogP contribution in [0.15, 0.2) is 42.9 Å². The Hall–Kier alpha value is -2.89. The number of aromatic amines is 1. The number of hydrogen-bond acceptors (Lipinski definition) is 5. The number of benzene rings is 1. The predicted octanol–water partition coefficient (Wildman–Crippen LogP) is 2.37. The first-order chi connectivity index (χ1) is 11.2. The topological polar surface area (TPSA) is 77.9 Å². The number of H-pyrrole nitrogens is 1. The highest BCUT2D eigenvalue weighted by atomic mass is 16.3. The number of aromatic hydroxyl groups is 1. The van der Waals surface area contributed by atoms with Gasteiger partial charge in [0.25, 0.3) is 0 Å². The molecular weight excluding hydrogens is 290 g/mol. The maximum atomic E-state index is 9.80. The van der Waals surface area contributed by atoms with Gasteiger partial charge in [0.15, 0.2) is 0 Å². The fourth-order valence-electron chi connectivity index (χ4n) is 3.07. The summed E-state index contributed by atoms with van der Waals surface area (Å²) in [6, 6.07) is 9.24. The van der Waals surface area contributed by atoms with Gasteiger partial charge in [0.05, 0.1) is 24.3 Å². The standard InChI is InChI=1S/C17H17N5O/c1-11-5-6-18-17(21-11)22-8-14(12-3-2-4-13(23)7-12)16-15(9-22)19-10-20-16/h2-7,10,14,23H,8-9H2,1H3,(H,19,20). The third kappa shape index (κ3) is 2.52. The molecule has 0 radical (unpaired) electrons. The number of rotatable bonds is 2. The zero-order valence-electron chi connectivity index (χ0n) is 12.8. The predicted molar refractivity (Wildman–Crippen MR) is 86.4 cm³/mol. The molecule has 6 nitrogen and oxygen atoms in total. The fraction of sp³-hybridized carbons (Fsp3) is 0.235. The van der Waals surface area contributed by atoms with Crippen LogP contribution in [0.3, 0.4) is 0 Å². The molecule has 1 aromatic carbocycles. The third-order valence-electron chi connectivity index (χ3n) is 4.17. The Morgan fingerprint density at radius 3 is 3.00 bits per heavy atom. The summed E-state index contributed by atoms with van der Waals surface area (Å²) in [5.41, 5.74) is 4.07. The molecule has 116 valence electrons. The first-order valence-electron chi connectivity index (χ1n) is 7.56. The highest BCUT2D eigenvalue weighted by molar-refractivity contribution is 5.44. The average molecular weight is 307 g/mol. The second-order valence-corrected chi connectivity index (χ2v) is 5.79. The van der Waals surface area contributed by atoms with Crippen LogP contribution in [0.5, 0.6) is 5.75 Å². The van der Waals surface area contributed by atoms with Crippen LogP contribution in [0.25, 0.3) is 0 Å². The van der Waals surface area contributed by atoms with E-state index in [0.29, 0.717) is 6.54 Å². The molecule has 23 heavy (non-hydrogen) atoms. The van der Waals surface area contributed by atoms with Gasteiger partial charge in [-0.25, -0.2) is 15.0 Å². The number of nitrogens with one attached hydrogen (secondary N) is 1. The highest BCUT2D eigenvalue weighted by Gasteiger charge is 2.30. The van der Waals surface area contributed by atoms with E-state index in [9.17, 15) is 5.11 Å². The van der Waals surface area contributed by atoms with Crippen molar-refractivity contribution in [2.75, 3.05) is 11.4 Å². The SMILES string of the molecule is Cc1ccnc(N2Cc3[nH]cnc3C(c3cccc(O)c3)C2)n1. The Morgan fingerprint density at radius 2 is 2.17 bits per heavy atom. The van der Waals surface area contributed by atoms with Crippen molar-refractivity contribution in [3.63, 3.8) is 0 Å². The molecule has 1 aliphatic rings. The summed E-state index contributed by atoms with van der Waals surface area (Å²) in [4.78, 5) is 18.8. The molecule has 3 aromatic rings. The lowest BCUT2D eigenvalue weighted by Crippen LogP contribution is -2.35. The summed E-state index contributed by atoms with van der Waals surface area (Å²) in [6.07, 6.45) is 3.50. The number of nitrogens with zero attached hydrogens (tertiary/aromatic N) is 4. The van der Waals surface area contributed by atoms with Crippen LogP contribution in [0.2, 0.25) is 0 Å². The van der Waals surface area contributed by atoms with Crippen LogP contribution in [0.4, 0.5) is 5.95 Å². The molecule has 0 spiro atoms. The van der Waals surface area contributed by atoms with Gasteiger partial charge in [-0.2, -0.15) is 0 Å². The fourth-order valence-corrected chi connectivity index (χ4v) is 3.07. The Morgan fingerprint density at radius 1 is 1.26 bits per heavy atom. The van der Waals surface area contributed by atoms with Crippen LogP contribution in [0.1, 0.15) is 28.6 Å². The van der Waals surface area contributed by atoms with E-state index in [1.54, 1.807) is 24.7 Å². The first-order valence-corrected chi connectivity index (χ1v) is 7.56. The molecule has 0 saturated carbocycles. The number of aryl methyl sites for hydroxylation is 1. The molecule has 0 amide bonds. The normalized spacial score (nSPS) is 17.1. The number of imidazole rings is 1. The van der Waals surface area contributed by atoms with Gasteiger partial charge in [0, 0.05) is 24.4 Å². The molecular formula is C17H17N5O. The van der Waals surface area contributed by atoms with Gasteiger partial charge in [0.1, 0.15) is 5.75 Å². The van der Waals surface area contributed by atoms with E-state index in [0.717, 1.165) is 35.1 Å². The minimum Gasteiger partial charge on any atom is -0.508 e.